The maximum atomic E-state index is 10.9. The molecular weight excluding hydrogens is 376 g/mol. The zero-order valence-electron chi connectivity index (χ0n) is 15.8. The molecule has 2 N–H and O–H groups in total. The van der Waals surface area contributed by atoms with Crippen molar-refractivity contribution >= 4 is 5.69 Å². The topological polar surface area (TPSA) is 118 Å². The van der Waals surface area contributed by atoms with Gasteiger partial charge in [-0.25, -0.2) is 0 Å². The van der Waals surface area contributed by atoms with Crippen LogP contribution in [0.5, 0.6) is 5.75 Å². The van der Waals surface area contributed by atoms with E-state index in [4.69, 9.17) is 14.5 Å². The highest BCUT2D eigenvalue weighted by Gasteiger charge is 2.35. The molecule has 0 spiro atoms. The maximum absolute atomic E-state index is 10.9. The second kappa shape index (κ2) is 8.18. The molecule has 0 aliphatic carbocycles. The van der Waals surface area contributed by atoms with Gasteiger partial charge in [0.2, 0.25) is 11.7 Å². The number of β-amino-alcohol motifs (C(OH)–C–C–N with tert-alkyl or cyclic N) is 1. The van der Waals surface area contributed by atoms with Crippen molar-refractivity contribution in [2.45, 2.75) is 25.1 Å². The highest BCUT2D eigenvalue weighted by molar-refractivity contribution is 5.55. The number of aliphatic hydroxyl groups is 1. The molecule has 29 heavy (non-hydrogen) atoms. The predicted octanol–water partition coefficient (Wildman–Crippen LogP) is 2.75. The molecule has 1 aliphatic rings. The van der Waals surface area contributed by atoms with Crippen LogP contribution < -0.4 is 9.96 Å². The SMILES string of the molecule is COc1ccc(-c2noc([C@H]3C[C@@H](O)CN3Cc3ccc(N([O-])O)cc3)n2)cc1. The Morgan fingerprint density at radius 3 is 2.59 bits per heavy atom. The minimum Gasteiger partial charge on any atom is -0.733 e. The summed E-state index contributed by atoms with van der Waals surface area (Å²) in [7, 11) is 1.61. The molecule has 1 fully saturated rings. The highest BCUT2D eigenvalue weighted by Crippen LogP contribution is 2.34. The van der Waals surface area contributed by atoms with Gasteiger partial charge >= 0.3 is 0 Å². The fourth-order valence-electron chi connectivity index (χ4n) is 3.50. The van der Waals surface area contributed by atoms with Crippen molar-refractivity contribution in [2.24, 2.45) is 0 Å². The number of hydrogen-bond donors (Lipinski definition) is 2. The van der Waals surface area contributed by atoms with Crippen molar-refractivity contribution in [1.82, 2.24) is 15.0 Å². The molecule has 2 atom stereocenters. The van der Waals surface area contributed by atoms with E-state index in [1.165, 1.54) is 12.1 Å². The van der Waals surface area contributed by atoms with Crippen molar-refractivity contribution in [3.8, 4) is 17.1 Å². The summed E-state index contributed by atoms with van der Waals surface area (Å²) >= 11 is 0. The molecule has 0 unspecified atom stereocenters. The number of rotatable bonds is 6. The summed E-state index contributed by atoms with van der Waals surface area (Å²) in [5.74, 6) is 1.67. The molecule has 3 aromatic rings. The number of nitrogens with zero attached hydrogens (tertiary/aromatic N) is 4. The molecule has 2 heterocycles. The van der Waals surface area contributed by atoms with E-state index in [0.29, 0.717) is 31.2 Å². The summed E-state index contributed by atoms with van der Waals surface area (Å²) in [5.41, 5.74) is 1.91. The van der Waals surface area contributed by atoms with Crippen LogP contribution in [0.1, 0.15) is 23.9 Å². The quantitative estimate of drug-likeness (QED) is 0.605. The summed E-state index contributed by atoms with van der Waals surface area (Å²) in [6.45, 7) is 1.01. The van der Waals surface area contributed by atoms with Gasteiger partial charge in [-0.1, -0.05) is 17.3 Å². The van der Waals surface area contributed by atoms with E-state index in [1.54, 1.807) is 19.2 Å². The molecule has 152 valence electrons. The largest absolute Gasteiger partial charge is 0.733 e. The van der Waals surface area contributed by atoms with Gasteiger partial charge in [-0.3, -0.25) is 10.1 Å². The summed E-state index contributed by atoms with van der Waals surface area (Å²) in [6, 6.07) is 13.8. The Hall–Kier alpha value is -2.98. The van der Waals surface area contributed by atoms with Crippen molar-refractivity contribution in [1.29, 1.82) is 0 Å². The lowest BCUT2D eigenvalue weighted by molar-refractivity contribution is 0.169. The van der Waals surface area contributed by atoms with Crippen molar-refractivity contribution in [3.63, 3.8) is 0 Å². The van der Waals surface area contributed by atoms with Gasteiger partial charge in [0.1, 0.15) is 5.75 Å². The van der Waals surface area contributed by atoms with Crippen LogP contribution in [0.4, 0.5) is 5.69 Å². The van der Waals surface area contributed by atoms with Gasteiger partial charge in [0.15, 0.2) is 0 Å². The first-order valence-corrected chi connectivity index (χ1v) is 9.18. The average Bonchev–Trinajstić information content (AvgIpc) is 3.35. The number of ether oxygens (including phenoxy) is 1. The van der Waals surface area contributed by atoms with Gasteiger partial charge in [-0.15, -0.1) is 0 Å². The fourth-order valence-corrected chi connectivity index (χ4v) is 3.50. The van der Waals surface area contributed by atoms with Crippen molar-refractivity contribution in [2.75, 3.05) is 18.9 Å². The second-order valence-electron chi connectivity index (χ2n) is 6.96. The summed E-state index contributed by atoms with van der Waals surface area (Å²) < 4.78 is 10.7. The van der Waals surface area contributed by atoms with E-state index in [-0.39, 0.29) is 17.0 Å². The molecule has 9 nitrogen and oxygen atoms in total. The number of hydrogen-bond acceptors (Lipinski definition) is 9. The average molecular weight is 397 g/mol. The van der Waals surface area contributed by atoms with Crippen LogP contribution in [0.15, 0.2) is 53.1 Å². The monoisotopic (exact) mass is 397 g/mol. The first kappa shape index (κ1) is 19.3. The Labute approximate surface area is 167 Å². The minimum atomic E-state index is -0.495. The van der Waals surface area contributed by atoms with Crippen molar-refractivity contribution in [3.05, 3.63) is 65.2 Å². The molecule has 9 heteroatoms. The van der Waals surface area contributed by atoms with Gasteiger partial charge in [0.25, 0.3) is 0 Å². The van der Waals surface area contributed by atoms with Crippen LogP contribution in [-0.4, -0.2) is 45.1 Å². The number of anilines is 1. The highest BCUT2D eigenvalue weighted by atomic mass is 16.8. The summed E-state index contributed by atoms with van der Waals surface area (Å²) in [6.07, 6.45) is -0.00184. The Bertz CT molecular complexity index is 942. The first-order valence-electron chi connectivity index (χ1n) is 9.18. The molecule has 1 aromatic heterocycles. The van der Waals surface area contributed by atoms with Crippen molar-refractivity contribution < 1.29 is 19.6 Å². The molecule has 0 bridgehead atoms. The van der Waals surface area contributed by atoms with E-state index in [2.05, 4.69) is 15.0 Å². The Balaban J connectivity index is 1.51. The van der Waals surface area contributed by atoms with E-state index in [1.807, 2.05) is 24.3 Å². The third kappa shape index (κ3) is 4.22. The van der Waals surface area contributed by atoms with Gasteiger partial charge < -0.3 is 24.8 Å². The predicted molar refractivity (Wildman–Crippen MR) is 104 cm³/mol. The second-order valence-corrected chi connectivity index (χ2v) is 6.96. The van der Waals surface area contributed by atoms with E-state index < -0.39 is 6.10 Å². The van der Waals surface area contributed by atoms with Gasteiger partial charge in [-0.2, -0.15) is 4.98 Å². The van der Waals surface area contributed by atoms with Gasteiger partial charge in [-0.05, 0) is 48.4 Å². The van der Waals surface area contributed by atoms with Crippen LogP contribution in [0, 0.1) is 5.21 Å². The lowest BCUT2D eigenvalue weighted by atomic mass is 10.1. The van der Waals surface area contributed by atoms with Crippen LogP contribution in [0.3, 0.4) is 0 Å². The molecule has 4 rings (SSSR count). The molecular formula is C20H21N4O5-. The molecule has 2 aromatic carbocycles. The molecule has 0 radical (unpaired) electrons. The smallest absolute Gasteiger partial charge is 0.244 e. The molecule has 1 aliphatic heterocycles. The van der Waals surface area contributed by atoms with Crippen LogP contribution >= 0.6 is 0 Å². The third-order valence-corrected chi connectivity index (χ3v) is 5.00. The molecule has 1 saturated heterocycles. The molecule has 0 saturated carbocycles. The number of aliphatic hydroxyl groups excluding tert-OH is 1. The van der Waals surface area contributed by atoms with E-state index in [0.717, 1.165) is 16.9 Å². The Kier molecular flexibility index (Phi) is 5.45. The summed E-state index contributed by atoms with van der Waals surface area (Å²) in [5, 5.41) is 34.0. The molecule has 0 amide bonds. The van der Waals surface area contributed by atoms with E-state index >= 15 is 0 Å². The Morgan fingerprint density at radius 2 is 1.93 bits per heavy atom. The standard InChI is InChI=1S/C20H21N4O5/c1-28-17-8-4-14(5-9-17)19-21-20(29-22-19)18-10-16(25)12-23(18)11-13-2-6-15(7-3-13)24(26)27/h2-9,16,18,25-26H,10-12H2,1H3/q-1/t16-,18-/m1/s1. The number of methoxy groups -OCH3 is 1. The van der Waals surface area contributed by atoms with Crippen LogP contribution in [0.25, 0.3) is 11.4 Å². The minimum absolute atomic E-state index is 0.160. The number of benzene rings is 2. The normalized spacial score (nSPS) is 19.4. The van der Waals surface area contributed by atoms with Gasteiger partial charge in [0, 0.05) is 18.7 Å². The first-order chi connectivity index (χ1) is 14.0. The van der Waals surface area contributed by atoms with Crippen LogP contribution in [-0.2, 0) is 6.54 Å². The van der Waals surface area contributed by atoms with Gasteiger partial charge in [0.05, 0.1) is 24.9 Å². The summed E-state index contributed by atoms with van der Waals surface area (Å²) in [4.78, 5) is 6.58. The van der Waals surface area contributed by atoms with E-state index in [9.17, 15) is 10.3 Å². The zero-order chi connectivity index (χ0) is 20.4. The maximum Gasteiger partial charge on any atom is 0.244 e. The number of aromatic nitrogens is 2. The lowest BCUT2D eigenvalue weighted by Crippen LogP contribution is -2.24. The Morgan fingerprint density at radius 1 is 1.21 bits per heavy atom. The number of likely N-dealkylation sites (tertiary alicyclic amines) is 1. The zero-order valence-corrected chi connectivity index (χ0v) is 15.8. The van der Waals surface area contributed by atoms with Crippen LogP contribution in [0.2, 0.25) is 0 Å². The fraction of sp³-hybridized carbons (Fsp3) is 0.300. The lowest BCUT2D eigenvalue weighted by Gasteiger charge is -2.23. The third-order valence-electron chi connectivity index (χ3n) is 5.00.